The Labute approximate surface area is 112 Å². The monoisotopic (exact) mass is 314 g/mol. The molecule has 2 rings (SSSR count). The molecule has 1 aromatic carbocycles. The van der Waals surface area contributed by atoms with Crippen LogP contribution >= 0.6 is 27.3 Å². The van der Waals surface area contributed by atoms with E-state index in [4.69, 9.17) is 0 Å². The molecule has 90 valence electrons. The molecule has 0 radical (unpaired) electrons. The van der Waals surface area contributed by atoms with Gasteiger partial charge in [0.25, 0.3) is 0 Å². The van der Waals surface area contributed by atoms with Gasteiger partial charge in [-0.25, -0.2) is 4.39 Å². The SMILES string of the molecule is Cc1ccc(F)cc1C(O)c1cc(Br)sc1C. The van der Waals surface area contributed by atoms with E-state index in [1.165, 1.54) is 12.1 Å². The van der Waals surface area contributed by atoms with E-state index in [0.29, 0.717) is 5.56 Å². The molecule has 0 aliphatic rings. The molecule has 0 aliphatic carbocycles. The highest BCUT2D eigenvalue weighted by Gasteiger charge is 2.17. The van der Waals surface area contributed by atoms with Crippen molar-refractivity contribution >= 4 is 27.3 Å². The van der Waals surface area contributed by atoms with Crippen LogP contribution in [-0.4, -0.2) is 5.11 Å². The molecule has 1 unspecified atom stereocenters. The average Bonchev–Trinajstić information content (AvgIpc) is 2.60. The second-order valence-electron chi connectivity index (χ2n) is 3.97. The number of halogens is 2. The van der Waals surface area contributed by atoms with Gasteiger partial charge in [-0.2, -0.15) is 0 Å². The van der Waals surface area contributed by atoms with E-state index in [0.717, 1.165) is 19.8 Å². The van der Waals surface area contributed by atoms with Gasteiger partial charge in [-0.3, -0.25) is 0 Å². The number of rotatable bonds is 2. The maximum absolute atomic E-state index is 13.2. The first-order valence-electron chi connectivity index (χ1n) is 5.19. The van der Waals surface area contributed by atoms with E-state index in [1.54, 1.807) is 17.4 Å². The second kappa shape index (κ2) is 4.88. The summed E-state index contributed by atoms with van der Waals surface area (Å²) in [6, 6.07) is 6.37. The van der Waals surface area contributed by atoms with Crippen LogP contribution in [0.5, 0.6) is 0 Å². The molecule has 1 atom stereocenters. The Bertz CT molecular complexity index is 550. The second-order valence-corrected chi connectivity index (χ2v) is 6.60. The molecule has 0 saturated carbocycles. The van der Waals surface area contributed by atoms with Gasteiger partial charge in [0.2, 0.25) is 0 Å². The van der Waals surface area contributed by atoms with Crippen molar-refractivity contribution in [3.05, 3.63) is 55.4 Å². The first-order chi connectivity index (χ1) is 7.99. The van der Waals surface area contributed by atoms with Crippen molar-refractivity contribution in [3.63, 3.8) is 0 Å². The van der Waals surface area contributed by atoms with Crippen LogP contribution in [0.2, 0.25) is 0 Å². The van der Waals surface area contributed by atoms with Crippen molar-refractivity contribution < 1.29 is 9.50 Å². The Morgan fingerprint density at radius 2 is 1.94 bits per heavy atom. The van der Waals surface area contributed by atoms with Gasteiger partial charge in [0.1, 0.15) is 11.9 Å². The standard InChI is InChI=1S/C13H12BrFOS/c1-7-3-4-9(15)5-10(7)13(16)11-6-12(14)17-8(11)2/h3-6,13,16H,1-2H3. The van der Waals surface area contributed by atoms with Crippen LogP contribution in [0.4, 0.5) is 4.39 Å². The van der Waals surface area contributed by atoms with E-state index >= 15 is 0 Å². The van der Waals surface area contributed by atoms with Crippen LogP contribution in [0.1, 0.15) is 27.7 Å². The molecule has 0 amide bonds. The minimum Gasteiger partial charge on any atom is -0.384 e. The number of hydrogen-bond acceptors (Lipinski definition) is 2. The Kier molecular flexibility index (Phi) is 3.66. The number of aryl methyl sites for hydroxylation is 2. The van der Waals surface area contributed by atoms with Crippen molar-refractivity contribution in [3.8, 4) is 0 Å². The lowest BCUT2D eigenvalue weighted by molar-refractivity contribution is 0.219. The van der Waals surface area contributed by atoms with Gasteiger partial charge in [0.15, 0.2) is 0 Å². The minimum atomic E-state index is -0.770. The van der Waals surface area contributed by atoms with Crippen LogP contribution in [-0.2, 0) is 0 Å². The van der Waals surface area contributed by atoms with Crippen LogP contribution < -0.4 is 0 Å². The molecule has 0 saturated heterocycles. The topological polar surface area (TPSA) is 20.2 Å². The number of hydrogen-bond donors (Lipinski definition) is 1. The van der Waals surface area contributed by atoms with Crippen LogP contribution in [0, 0.1) is 19.7 Å². The maximum Gasteiger partial charge on any atom is 0.123 e. The molecule has 4 heteroatoms. The molecule has 1 N–H and O–H groups in total. The van der Waals surface area contributed by atoms with E-state index in [-0.39, 0.29) is 5.82 Å². The van der Waals surface area contributed by atoms with Crippen LogP contribution in [0.3, 0.4) is 0 Å². The third-order valence-corrected chi connectivity index (χ3v) is 4.33. The highest BCUT2D eigenvalue weighted by atomic mass is 79.9. The zero-order valence-corrected chi connectivity index (χ0v) is 11.9. The Morgan fingerprint density at radius 1 is 1.24 bits per heavy atom. The molecule has 0 aliphatic heterocycles. The normalized spacial score (nSPS) is 12.8. The summed E-state index contributed by atoms with van der Waals surface area (Å²) < 4.78 is 14.2. The quantitative estimate of drug-likeness (QED) is 0.873. The highest BCUT2D eigenvalue weighted by molar-refractivity contribution is 9.11. The molecule has 17 heavy (non-hydrogen) atoms. The fourth-order valence-corrected chi connectivity index (χ4v) is 3.55. The van der Waals surface area contributed by atoms with E-state index < -0.39 is 6.10 Å². The van der Waals surface area contributed by atoms with E-state index in [9.17, 15) is 9.50 Å². The summed E-state index contributed by atoms with van der Waals surface area (Å²) in [5.74, 6) is -0.323. The van der Waals surface area contributed by atoms with Crippen molar-refractivity contribution in [2.24, 2.45) is 0 Å². The van der Waals surface area contributed by atoms with Crippen LogP contribution in [0.15, 0.2) is 28.1 Å². The molecular formula is C13H12BrFOS. The number of thiophene rings is 1. The molecular weight excluding hydrogens is 303 g/mol. The van der Waals surface area contributed by atoms with Gasteiger partial charge < -0.3 is 5.11 Å². The summed E-state index contributed by atoms with van der Waals surface area (Å²) in [4.78, 5) is 1.04. The Balaban J connectivity index is 2.46. The fourth-order valence-electron chi connectivity index (χ4n) is 1.80. The Hall–Kier alpha value is -0.710. The van der Waals surface area contributed by atoms with Gasteiger partial charge in [-0.1, -0.05) is 6.07 Å². The van der Waals surface area contributed by atoms with Gasteiger partial charge in [0.05, 0.1) is 3.79 Å². The van der Waals surface area contributed by atoms with Crippen molar-refractivity contribution in [1.29, 1.82) is 0 Å². The first kappa shape index (κ1) is 12.7. The molecule has 0 fully saturated rings. The third kappa shape index (κ3) is 2.59. The van der Waals surface area contributed by atoms with Gasteiger partial charge in [0, 0.05) is 4.88 Å². The predicted octanol–water partition coefficient (Wildman–Crippen LogP) is 4.35. The Morgan fingerprint density at radius 3 is 2.53 bits per heavy atom. The van der Waals surface area contributed by atoms with Gasteiger partial charge in [-0.05, 0) is 64.7 Å². The zero-order valence-electron chi connectivity index (χ0n) is 9.50. The van der Waals surface area contributed by atoms with Crippen molar-refractivity contribution in [2.75, 3.05) is 0 Å². The molecule has 0 spiro atoms. The maximum atomic E-state index is 13.2. The molecule has 1 heterocycles. The summed E-state index contributed by atoms with van der Waals surface area (Å²) >= 11 is 4.96. The largest absolute Gasteiger partial charge is 0.384 e. The highest BCUT2D eigenvalue weighted by Crippen LogP contribution is 2.34. The minimum absolute atomic E-state index is 0.323. The molecule has 2 aromatic rings. The zero-order chi connectivity index (χ0) is 12.6. The lowest BCUT2D eigenvalue weighted by Crippen LogP contribution is -2.02. The van der Waals surface area contributed by atoms with Crippen molar-refractivity contribution in [1.82, 2.24) is 0 Å². The summed E-state index contributed by atoms with van der Waals surface area (Å²) in [5.41, 5.74) is 2.34. The molecule has 1 aromatic heterocycles. The predicted molar refractivity (Wildman–Crippen MR) is 72.0 cm³/mol. The van der Waals surface area contributed by atoms with Crippen molar-refractivity contribution in [2.45, 2.75) is 20.0 Å². The lowest BCUT2D eigenvalue weighted by Gasteiger charge is -2.13. The summed E-state index contributed by atoms with van der Waals surface area (Å²) in [7, 11) is 0. The smallest absolute Gasteiger partial charge is 0.123 e. The van der Waals surface area contributed by atoms with Gasteiger partial charge in [-0.15, -0.1) is 11.3 Å². The molecule has 1 nitrogen and oxygen atoms in total. The number of aliphatic hydroxyl groups excluding tert-OH is 1. The summed E-state index contributed by atoms with van der Waals surface area (Å²) in [5, 5.41) is 10.3. The average molecular weight is 315 g/mol. The van der Waals surface area contributed by atoms with E-state index in [1.807, 2.05) is 19.9 Å². The third-order valence-electron chi connectivity index (χ3n) is 2.76. The van der Waals surface area contributed by atoms with E-state index in [2.05, 4.69) is 15.9 Å². The fraction of sp³-hybridized carbons (Fsp3) is 0.231. The number of benzene rings is 1. The number of aliphatic hydroxyl groups is 1. The summed E-state index contributed by atoms with van der Waals surface area (Å²) in [6.07, 6.45) is -0.770. The summed E-state index contributed by atoms with van der Waals surface area (Å²) in [6.45, 7) is 3.82. The molecule has 0 bridgehead atoms. The lowest BCUT2D eigenvalue weighted by atomic mass is 9.98. The van der Waals surface area contributed by atoms with Gasteiger partial charge >= 0.3 is 0 Å². The first-order valence-corrected chi connectivity index (χ1v) is 6.80. The van der Waals surface area contributed by atoms with Crippen LogP contribution in [0.25, 0.3) is 0 Å².